The third kappa shape index (κ3) is 5.83. The van der Waals surface area contributed by atoms with Crippen molar-refractivity contribution in [2.45, 2.75) is 77.4 Å². The Labute approximate surface area is 252 Å². The molecule has 1 fully saturated rings. The van der Waals surface area contributed by atoms with Crippen molar-refractivity contribution in [2.75, 3.05) is 0 Å². The Hall–Kier alpha value is -4.70. The largest absolute Gasteiger partial charge is 0.490 e. The first-order chi connectivity index (χ1) is 21.1. The predicted octanol–water partition coefficient (Wildman–Crippen LogP) is 7.10. The molecule has 1 aliphatic rings. The van der Waals surface area contributed by atoms with E-state index in [2.05, 4.69) is 66.4 Å². The number of aromatic nitrogens is 4. The number of rotatable bonds is 9. The minimum atomic E-state index is 0.0300. The van der Waals surface area contributed by atoms with Crippen LogP contribution < -0.4 is 10.3 Å². The lowest BCUT2D eigenvalue weighted by atomic mass is 9.92. The van der Waals surface area contributed by atoms with Crippen LogP contribution in [0.1, 0.15) is 79.9 Å². The Bertz CT molecular complexity index is 1800. The van der Waals surface area contributed by atoms with Gasteiger partial charge < -0.3 is 4.74 Å². The molecule has 43 heavy (non-hydrogen) atoms. The van der Waals surface area contributed by atoms with Crippen LogP contribution in [0.15, 0.2) is 83.9 Å². The molecule has 0 unspecified atom stereocenters. The minimum absolute atomic E-state index is 0.0300. The summed E-state index contributed by atoms with van der Waals surface area (Å²) in [5, 5.41) is 14.1. The number of nitriles is 1. The highest BCUT2D eigenvalue weighted by molar-refractivity contribution is 5.70. The van der Waals surface area contributed by atoms with Gasteiger partial charge in [0.2, 0.25) is 5.78 Å². The zero-order chi connectivity index (χ0) is 29.8. The van der Waals surface area contributed by atoms with Gasteiger partial charge in [-0.15, -0.1) is 0 Å². The quantitative estimate of drug-likeness (QED) is 0.188. The van der Waals surface area contributed by atoms with E-state index < -0.39 is 0 Å². The number of hydrogen-bond acceptors (Lipinski definition) is 5. The maximum Gasteiger partial charge on any atom is 0.259 e. The third-order valence-corrected chi connectivity index (χ3v) is 8.65. The van der Waals surface area contributed by atoms with Crippen LogP contribution in [-0.4, -0.2) is 25.3 Å². The van der Waals surface area contributed by atoms with Crippen LogP contribution in [0, 0.1) is 11.3 Å². The van der Waals surface area contributed by atoms with Gasteiger partial charge in [-0.25, -0.2) is 4.52 Å². The van der Waals surface area contributed by atoms with Gasteiger partial charge in [-0.3, -0.25) is 9.36 Å². The first-order valence-corrected chi connectivity index (χ1v) is 15.4. The van der Waals surface area contributed by atoms with Gasteiger partial charge in [-0.2, -0.15) is 15.3 Å². The molecule has 0 aliphatic heterocycles. The normalized spacial score (nSPS) is 16.7. The van der Waals surface area contributed by atoms with Crippen LogP contribution in [0.5, 0.6) is 5.75 Å². The third-order valence-electron chi connectivity index (χ3n) is 8.65. The topological polar surface area (TPSA) is 85.2 Å². The lowest BCUT2D eigenvalue weighted by Crippen LogP contribution is -2.35. The summed E-state index contributed by atoms with van der Waals surface area (Å²) < 4.78 is 10.1. The summed E-state index contributed by atoms with van der Waals surface area (Å²) in [6.45, 7) is 4.27. The molecule has 0 spiro atoms. The van der Waals surface area contributed by atoms with Gasteiger partial charge in [0.1, 0.15) is 12.1 Å². The maximum absolute atomic E-state index is 14.3. The fourth-order valence-corrected chi connectivity index (χ4v) is 6.33. The summed E-state index contributed by atoms with van der Waals surface area (Å²) in [6, 6.07) is 26.5. The van der Waals surface area contributed by atoms with E-state index in [9.17, 15) is 10.1 Å². The van der Waals surface area contributed by atoms with Crippen LogP contribution in [0.3, 0.4) is 0 Å². The zero-order valence-corrected chi connectivity index (χ0v) is 24.9. The number of fused-ring (bicyclic) bond motifs is 1. The molecule has 7 nitrogen and oxygen atoms in total. The van der Waals surface area contributed by atoms with Gasteiger partial charge in [-0.05, 0) is 79.0 Å². The van der Waals surface area contributed by atoms with Crippen molar-refractivity contribution in [1.82, 2.24) is 19.2 Å². The maximum atomic E-state index is 14.3. The van der Waals surface area contributed by atoms with E-state index >= 15 is 0 Å². The van der Waals surface area contributed by atoms with Crippen molar-refractivity contribution < 1.29 is 4.74 Å². The van der Waals surface area contributed by atoms with Gasteiger partial charge in [0.25, 0.3) is 5.56 Å². The van der Waals surface area contributed by atoms with Gasteiger partial charge in [0.05, 0.1) is 23.4 Å². The second-order valence-electron chi connectivity index (χ2n) is 11.4. The number of benzene rings is 3. The summed E-state index contributed by atoms with van der Waals surface area (Å²) in [7, 11) is 0. The van der Waals surface area contributed by atoms with E-state index in [0.29, 0.717) is 17.8 Å². The second-order valence-corrected chi connectivity index (χ2v) is 11.4. The predicted molar refractivity (Wildman–Crippen MR) is 168 cm³/mol. The summed E-state index contributed by atoms with van der Waals surface area (Å²) in [5.41, 5.74) is 6.63. The molecule has 0 radical (unpaired) electrons. The standard InChI is InChI=1S/C36H37N5O2/c1-3-7-34-33(22-26-10-14-27(15-11-26)32-9-6-5-8-28(32)23-37)35(42)40(36-38-24-39-41(34)36)29-16-20-31(21-17-29)43-30-18-12-25(4-2)13-19-30/h5-6,8-15,18-19,24,29,31H,3-4,7,16-17,20-22H2,1-2H3. The minimum Gasteiger partial charge on any atom is -0.490 e. The van der Waals surface area contributed by atoms with Gasteiger partial charge in [0.15, 0.2) is 0 Å². The van der Waals surface area contributed by atoms with Crippen molar-refractivity contribution in [3.8, 4) is 22.9 Å². The van der Waals surface area contributed by atoms with Crippen LogP contribution in [0.2, 0.25) is 0 Å². The molecule has 2 aromatic heterocycles. The van der Waals surface area contributed by atoms with E-state index in [-0.39, 0.29) is 17.7 Å². The molecule has 3 aromatic carbocycles. The number of aryl methyl sites for hydroxylation is 2. The molecule has 0 N–H and O–H groups in total. The van der Waals surface area contributed by atoms with E-state index in [1.807, 2.05) is 45.5 Å². The molecule has 0 atom stereocenters. The smallest absolute Gasteiger partial charge is 0.259 e. The zero-order valence-electron chi connectivity index (χ0n) is 24.9. The molecule has 2 heterocycles. The Morgan fingerprint density at radius 3 is 2.35 bits per heavy atom. The average molecular weight is 572 g/mol. The molecule has 0 saturated heterocycles. The van der Waals surface area contributed by atoms with Crippen molar-refractivity contribution in [1.29, 1.82) is 5.26 Å². The van der Waals surface area contributed by atoms with Crippen molar-refractivity contribution in [3.63, 3.8) is 0 Å². The summed E-state index contributed by atoms with van der Waals surface area (Å²) >= 11 is 0. The lowest BCUT2D eigenvalue weighted by molar-refractivity contribution is 0.132. The molecule has 6 rings (SSSR count). The first kappa shape index (κ1) is 28.4. The Morgan fingerprint density at radius 1 is 0.930 bits per heavy atom. The van der Waals surface area contributed by atoms with Gasteiger partial charge in [-0.1, -0.05) is 74.9 Å². The van der Waals surface area contributed by atoms with Crippen LogP contribution >= 0.6 is 0 Å². The van der Waals surface area contributed by atoms with Gasteiger partial charge >= 0.3 is 0 Å². The SMILES string of the molecule is CCCc1c(Cc2ccc(-c3ccccc3C#N)cc2)c(=O)n(C2CCC(Oc3ccc(CC)cc3)CC2)c2ncnn12. The number of nitrogens with zero attached hydrogens (tertiary/aromatic N) is 5. The molecule has 7 heteroatoms. The molecular formula is C36H37N5O2. The number of ether oxygens (including phenoxy) is 1. The highest BCUT2D eigenvalue weighted by Gasteiger charge is 2.28. The van der Waals surface area contributed by atoms with E-state index in [1.54, 1.807) is 6.33 Å². The van der Waals surface area contributed by atoms with Gasteiger partial charge in [0, 0.05) is 18.0 Å². The Kier molecular flexibility index (Phi) is 8.37. The fourth-order valence-electron chi connectivity index (χ4n) is 6.33. The molecule has 1 aliphatic carbocycles. The lowest BCUT2D eigenvalue weighted by Gasteiger charge is -2.31. The number of hydrogen-bond donors (Lipinski definition) is 0. The summed E-state index contributed by atoms with van der Waals surface area (Å²) in [4.78, 5) is 18.9. The van der Waals surface area contributed by atoms with E-state index in [4.69, 9.17) is 4.74 Å². The Balaban J connectivity index is 1.27. The molecule has 0 bridgehead atoms. The van der Waals surface area contributed by atoms with Crippen LogP contribution in [-0.2, 0) is 19.3 Å². The second kappa shape index (κ2) is 12.7. The summed E-state index contributed by atoms with van der Waals surface area (Å²) in [6.07, 6.45) is 8.32. The van der Waals surface area contributed by atoms with Crippen molar-refractivity contribution in [2.24, 2.45) is 0 Å². The van der Waals surface area contributed by atoms with Crippen molar-refractivity contribution >= 4 is 5.78 Å². The highest BCUT2D eigenvalue weighted by Crippen LogP contribution is 2.32. The Morgan fingerprint density at radius 2 is 1.65 bits per heavy atom. The molecule has 5 aromatic rings. The molecule has 1 saturated carbocycles. The molecule has 218 valence electrons. The molecule has 0 amide bonds. The fraction of sp³-hybridized carbons (Fsp3) is 0.333. The highest BCUT2D eigenvalue weighted by atomic mass is 16.5. The van der Waals surface area contributed by atoms with Crippen LogP contribution in [0.4, 0.5) is 0 Å². The summed E-state index contributed by atoms with van der Waals surface area (Å²) in [5.74, 6) is 1.53. The van der Waals surface area contributed by atoms with Crippen molar-refractivity contribution in [3.05, 3.63) is 117 Å². The first-order valence-electron chi connectivity index (χ1n) is 15.4. The molecular weight excluding hydrogens is 534 g/mol. The monoisotopic (exact) mass is 571 g/mol. The average Bonchev–Trinajstić information content (AvgIpc) is 3.53. The van der Waals surface area contributed by atoms with E-state index in [1.165, 1.54) is 5.56 Å². The van der Waals surface area contributed by atoms with E-state index in [0.717, 1.165) is 78.6 Å². The van der Waals surface area contributed by atoms with Crippen LogP contribution in [0.25, 0.3) is 16.9 Å².